The molecule has 0 saturated heterocycles. The molecule has 5 heteroatoms. The summed E-state index contributed by atoms with van der Waals surface area (Å²) >= 11 is 1.63. The summed E-state index contributed by atoms with van der Waals surface area (Å²) in [5.41, 5.74) is 1.04. The first-order valence-corrected chi connectivity index (χ1v) is 5.19. The van der Waals surface area contributed by atoms with Crippen LogP contribution in [0.1, 0.15) is 16.5 Å². The Morgan fingerprint density at radius 1 is 1.57 bits per heavy atom. The van der Waals surface area contributed by atoms with Crippen molar-refractivity contribution in [3.8, 4) is 0 Å². The van der Waals surface area contributed by atoms with Gasteiger partial charge in [-0.2, -0.15) is 0 Å². The van der Waals surface area contributed by atoms with Crippen LogP contribution in [0.25, 0.3) is 0 Å². The highest BCUT2D eigenvalue weighted by Gasteiger charge is 2.04. The Balaban J connectivity index is 2.18. The van der Waals surface area contributed by atoms with Crippen LogP contribution in [-0.4, -0.2) is 19.6 Å². The molecule has 0 aliphatic rings. The van der Waals surface area contributed by atoms with Crippen LogP contribution in [0.15, 0.2) is 17.8 Å². The van der Waals surface area contributed by atoms with Crippen LogP contribution in [-0.2, 0) is 13.2 Å². The van der Waals surface area contributed by atoms with E-state index in [1.165, 1.54) is 0 Å². The molecule has 0 aromatic carbocycles. The molecule has 2 heterocycles. The molecule has 0 unspecified atom stereocenters. The van der Waals surface area contributed by atoms with E-state index in [0.717, 1.165) is 10.7 Å². The van der Waals surface area contributed by atoms with Gasteiger partial charge in [0, 0.05) is 23.5 Å². The van der Waals surface area contributed by atoms with Crippen molar-refractivity contribution >= 4 is 11.3 Å². The lowest BCUT2D eigenvalue weighted by molar-refractivity contribution is 0.266. The van der Waals surface area contributed by atoms with E-state index in [1.807, 2.05) is 23.1 Å². The molecule has 2 aromatic rings. The van der Waals surface area contributed by atoms with Gasteiger partial charge in [-0.3, -0.25) is 0 Å². The molecule has 0 aliphatic heterocycles. The summed E-state index contributed by atoms with van der Waals surface area (Å²) in [7, 11) is 0. The Morgan fingerprint density at radius 2 is 2.43 bits per heavy atom. The Morgan fingerprint density at radius 3 is 3.07 bits per heavy atom. The summed E-state index contributed by atoms with van der Waals surface area (Å²) < 4.78 is 1.90. The summed E-state index contributed by atoms with van der Waals surface area (Å²) in [6.45, 7) is 2.63. The lowest BCUT2D eigenvalue weighted by Gasteiger charge is -2.02. The van der Waals surface area contributed by atoms with Gasteiger partial charge in [-0.15, -0.1) is 11.3 Å². The molecular formula is C9H11N3OS. The Hall–Kier alpha value is -1.20. The van der Waals surface area contributed by atoms with E-state index in [0.29, 0.717) is 12.4 Å². The average Bonchev–Trinajstić information content (AvgIpc) is 2.76. The van der Waals surface area contributed by atoms with Gasteiger partial charge in [0.2, 0.25) is 0 Å². The summed E-state index contributed by atoms with van der Waals surface area (Å²) in [4.78, 5) is 8.38. The largest absolute Gasteiger partial charge is 0.388 e. The highest BCUT2D eigenvalue weighted by Crippen LogP contribution is 2.11. The van der Waals surface area contributed by atoms with Gasteiger partial charge in [-0.1, -0.05) is 0 Å². The highest BCUT2D eigenvalue weighted by atomic mass is 32.1. The number of aromatic nitrogens is 3. The van der Waals surface area contributed by atoms with Crippen molar-refractivity contribution < 1.29 is 5.11 Å². The molecule has 0 amide bonds. The van der Waals surface area contributed by atoms with E-state index in [1.54, 1.807) is 17.5 Å². The maximum absolute atomic E-state index is 8.99. The van der Waals surface area contributed by atoms with E-state index in [2.05, 4.69) is 9.97 Å². The van der Waals surface area contributed by atoms with Gasteiger partial charge in [0.15, 0.2) is 0 Å². The maximum Gasteiger partial charge on any atom is 0.134 e. The number of aliphatic hydroxyl groups is 1. The lowest BCUT2D eigenvalue weighted by Crippen LogP contribution is -2.03. The topological polar surface area (TPSA) is 50.9 Å². The molecule has 2 rings (SSSR count). The molecular weight excluding hydrogens is 198 g/mol. The quantitative estimate of drug-likeness (QED) is 0.826. The SMILES string of the molecule is Cc1csc(Cn2ccnc2CO)n1. The minimum Gasteiger partial charge on any atom is -0.388 e. The van der Waals surface area contributed by atoms with Crippen LogP contribution >= 0.6 is 11.3 Å². The average molecular weight is 209 g/mol. The highest BCUT2D eigenvalue weighted by molar-refractivity contribution is 7.09. The molecule has 0 bridgehead atoms. The maximum atomic E-state index is 8.99. The summed E-state index contributed by atoms with van der Waals surface area (Å²) in [5, 5.41) is 12.0. The lowest BCUT2D eigenvalue weighted by atomic mass is 10.5. The fraction of sp³-hybridized carbons (Fsp3) is 0.333. The minimum atomic E-state index is -0.0304. The Bertz CT molecular complexity index is 421. The van der Waals surface area contributed by atoms with Crippen LogP contribution in [0.4, 0.5) is 0 Å². The van der Waals surface area contributed by atoms with Gasteiger partial charge in [-0.25, -0.2) is 9.97 Å². The summed E-state index contributed by atoms with van der Waals surface area (Å²) in [6, 6.07) is 0. The smallest absolute Gasteiger partial charge is 0.134 e. The third-order valence-electron chi connectivity index (χ3n) is 1.92. The first-order valence-electron chi connectivity index (χ1n) is 4.31. The molecule has 0 atom stereocenters. The summed E-state index contributed by atoms with van der Waals surface area (Å²) in [6.07, 6.45) is 3.54. The van der Waals surface area contributed by atoms with Crippen molar-refractivity contribution in [2.24, 2.45) is 0 Å². The first-order chi connectivity index (χ1) is 6.79. The zero-order chi connectivity index (χ0) is 9.97. The third kappa shape index (κ3) is 1.83. The molecule has 0 fully saturated rings. The Kier molecular flexibility index (Phi) is 2.60. The first kappa shape index (κ1) is 9.36. The van der Waals surface area contributed by atoms with Gasteiger partial charge in [0.1, 0.15) is 17.4 Å². The fourth-order valence-electron chi connectivity index (χ4n) is 1.26. The number of aliphatic hydroxyl groups excluding tert-OH is 1. The molecule has 0 spiro atoms. The van der Waals surface area contributed by atoms with Gasteiger partial charge in [0.25, 0.3) is 0 Å². The molecule has 0 aliphatic carbocycles. The molecule has 74 valence electrons. The van der Waals surface area contributed by atoms with Crippen LogP contribution in [0, 0.1) is 6.92 Å². The second-order valence-corrected chi connectivity index (χ2v) is 3.95. The van der Waals surface area contributed by atoms with E-state index in [9.17, 15) is 0 Å². The van der Waals surface area contributed by atoms with Gasteiger partial charge in [-0.05, 0) is 6.92 Å². The van der Waals surface area contributed by atoms with Crippen molar-refractivity contribution in [1.29, 1.82) is 0 Å². The molecule has 0 saturated carbocycles. The molecule has 4 nitrogen and oxygen atoms in total. The minimum absolute atomic E-state index is 0.0304. The predicted octanol–water partition coefficient (Wildman–Crippen LogP) is 1.19. The van der Waals surface area contributed by atoms with Crippen LogP contribution < -0.4 is 0 Å². The standard InChI is InChI=1S/C9H11N3OS/c1-7-6-14-9(11-7)4-12-3-2-10-8(12)5-13/h2-3,6,13H,4-5H2,1H3. The van der Waals surface area contributed by atoms with Crippen molar-refractivity contribution in [2.75, 3.05) is 0 Å². The van der Waals surface area contributed by atoms with E-state index < -0.39 is 0 Å². The molecule has 14 heavy (non-hydrogen) atoms. The molecule has 0 radical (unpaired) electrons. The number of hydrogen-bond donors (Lipinski definition) is 1. The zero-order valence-corrected chi connectivity index (χ0v) is 8.66. The normalized spacial score (nSPS) is 10.7. The molecule has 1 N–H and O–H groups in total. The number of hydrogen-bond acceptors (Lipinski definition) is 4. The number of imidazole rings is 1. The van der Waals surface area contributed by atoms with Gasteiger partial charge < -0.3 is 9.67 Å². The van der Waals surface area contributed by atoms with Gasteiger partial charge in [0.05, 0.1) is 6.54 Å². The van der Waals surface area contributed by atoms with Crippen LogP contribution in [0.5, 0.6) is 0 Å². The third-order valence-corrected chi connectivity index (χ3v) is 2.87. The fourth-order valence-corrected chi connectivity index (χ4v) is 2.03. The van der Waals surface area contributed by atoms with Crippen molar-refractivity contribution in [3.63, 3.8) is 0 Å². The van der Waals surface area contributed by atoms with E-state index in [4.69, 9.17) is 5.11 Å². The second-order valence-electron chi connectivity index (χ2n) is 3.01. The monoisotopic (exact) mass is 209 g/mol. The van der Waals surface area contributed by atoms with Crippen molar-refractivity contribution in [2.45, 2.75) is 20.1 Å². The summed E-state index contributed by atoms with van der Waals surface area (Å²) in [5.74, 6) is 0.679. The number of rotatable bonds is 3. The van der Waals surface area contributed by atoms with Gasteiger partial charge >= 0.3 is 0 Å². The zero-order valence-electron chi connectivity index (χ0n) is 7.84. The second kappa shape index (κ2) is 3.89. The van der Waals surface area contributed by atoms with Crippen molar-refractivity contribution in [3.05, 3.63) is 34.3 Å². The van der Waals surface area contributed by atoms with Crippen molar-refractivity contribution in [1.82, 2.24) is 14.5 Å². The number of aryl methyl sites for hydroxylation is 1. The predicted molar refractivity (Wildman–Crippen MR) is 54.1 cm³/mol. The van der Waals surface area contributed by atoms with E-state index in [-0.39, 0.29) is 6.61 Å². The Labute approximate surface area is 85.9 Å². The number of thiazole rings is 1. The number of nitrogens with zero attached hydrogens (tertiary/aromatic N) is 3. The molecule has 2 aromatic heterocycles. The van der Waals surface area contributed by atoms with Crippen LogP contribution in [0.2, 0.25) is 0 Å². The van der Waals surface area contributed by atoms with E-state index >= 15 is 0 Å². The van der Waals surface area contributed by atoms with Crippen LogP contribution in [0.3, 0.4) is 0 Å².